The average Bonchev–Trinajstić information content (AvgIpc) is 2.48. The second-order valence-electron chi connectivity index (χ2n) is 4.19. The lowest BCUT2D eigenvalue weighted by atomic mass is 10.1. The number of halogens is 1. The maximum absolute atomic E-state index is 6.18. The molecular weight excluding hydrogens is 274 g/mol. The smallest absolute Gasteiger partial charge is 0.0378 e. The van der Waals surface area contributed by atoms with Gasteiger partial charge in [-0.1, -0.05) is 60.7 Å². The Bertz CT molecular complexity index is 620. The lowest BCUT2D eigenvalue weighted by molar-refractivity contribution is 1.02. The van der Waals surface area contributed by atoms with E-state index in [2.05, 4.69) is 30.3 Å². The van der Waals surface area contributed by atoms with Crippen molar-refractivity contribution < 1.29 is 0 Å². The molecule has 0 spiro atoms. The van der Waals surface area contributed by atoms with E-state index in [0.29, 0.717) is 0 Å². The van der Waals surface area contributed by atoms with Gasteiger partial charge in [-0.2, -0.15) is 0 Å². The number of allylic oxidation sites excluding steroid dienone is 2. The van der Waals surface area contributed by atoms with Gasteiger partial charge in [0.05, 0.1) is 0 Å². The van der Waals surface area contributed by atoms with Crippen LogP contribution < -0.4 is 0 Å². The molecule has 0 atom stereocenters. The third-order valence-corrected chi connectivity index (χ3v) is 4.01. The van der Waals surface area contributed by atoms with Gasteiger partial charge in [-0.05, 0) is 17.2 Å². The summed E-state index contributed by atoms with van der Waals surface area (Å²) >= 11 is 7.71. The number of benzene rings is 2. The Morgan fingerprint density at radius 2 is 1.37 bits per heavy atom. The molecule has 0 amide bonds. The Hall–Kier alpha value is -1.64. The van der Waals surface area contributed by atoms with Gasteiger partial charge in [0.15, 0.2) is 0 Å². The minimum Gasteiger partial charge on any atom is -0.229 e. The van der Waals surface area contributed by atoms with Crippen molar-refractivity contribution in [2.24, 2.45) is 0 Å². The van der Waals surface area contributed by atoms with Crippen molar-refractivity contribution in [2.45, 2.75) is 0 Å². The summed E-state index contributed by atoms with van der Waals surface area (Å²) in [5.41, 5.74) is 3.47. The van der Waals surface area contributed by atoms with E-state index in [4.69, 9.17) is 11.8 Å². The predicted octanol–water partition coefficient (Wildman–Crippen LogP) is 5.19. The molecule has 0 fully saturated rings. The molecule has 0 unspecified atom stereocenters. The van der Waals surface area contributed by atoms with Crippen LogP contribution >= 0.6 is 23.7 Å². The monoisotopic (exact) mass is 285 g/mol. The molecule has 94 valence electrons. The Balaban J connectivity index is 2.00. The molecule has 0 saturated carbocycles. The molecule has 19 heavy (non-hydrogen) atoms. The second kappa shape index (κ2) is 5.55. The van der Waals surface area contributed by atoms with E-state index in [0.717, 1.165) is 10.5 Å². The molecule has 0 aromatic heterocycles. The standard InChI is InChI=1S/C16H12ClNS/c17-18-12-15(13-7-3-1-4-8-13)11-16(19-18)14-9-5-2-6-10-14/h1-12H. The summed E-state index contributed by atoms with van der Waals surface area (Å²) in [7, 11) is 0. The highest BCUT2D eigenvalue weighted by Gasteiger charge is 2.14. The van der Waals surface area contributed by atoms with Gasteiger partial charge < -0.3 is 0 Å². The normalized spacial score (nSPS) is 14.9. The molecule has 1 aliphatic rings. The van der Waals surface area contributed by atoms with Crippen molar-refractivity contribution >= 4 is 34.2 Å². The summed E-state index contributed by atoms with van der Waals surface area (Å²) in [6.45, 7) is 0. The number of nitrogens with zero attached hydrogens (tertiary/aromatic N) is 1. The van der Waals surface area contributed by atoms with Crippen molar-refractivity contribution in [1.82, 2.24) is 3.82 Å². The zero-order chi connectivity index (χ0) is 13.1. The minimum absolute atomic E-state index is 1.12. The van der Waals surface area contributed by atoms with Crippen molar-refractivity contribution in [3.05, 3.63) is 84.1 Å². The van der Waals surface area contributed by atoms with E-state index < -0.39 is 0 Å². The maximum atomic E-state index is 6.18. The summed E-state index contributed by atoms with van der Waals surface area (Å²) in [5, 5.41) is 0. The van der Waals surface area contributed by atoms with Crippen LogP contribution in [0.1, 0.15) is 11.1 Å². The predicted molar refractivity (Wildman–Crippen MR) is 84.1 cm³/mol. The van der Waals surface area contributed by atoms with Crippen LogP contribution in [0, 0.1) is 0 Å². The molecule has 1 aliphatic heterocycles. The van der Waals surface area contributed by atoms with E-state index in [-0.39, 0.29) is 0 Å². The van der Waals surface area contributed by atoms with Crippen molar-refractivity contribution in [3.8, 4) is 0 Å². The van der Waals surface area contributed by atoms with Gasteiger partial charge in [0, 0.05) is 40.4 Å². The van der Waals surface area contributed by atoms with Crippen LogP contribution in [0.2, 0.25) is 0 Å². The summed E-state index contributed by atoms with van der Waals surface area (Å²) in [6, 6.07) is 20.5. The minimum atomic E-state index is 1.12. The SMILES string of the molecule is ClN1C=C(c2ccccc2)C=C(c2ccccc2)S1. The first-order valence-corrected chi connectivity index (χ1v) is 7.11. The van der Waals surface area contributed by atoms with Crippen LogP contribution in [0.25, 0.3) is 10.5 Å². The zero-order valence-corrected chi connectivity index (χ0v) is 11.7. The molecule has 2 aromatic rings. The van der Waals surface area contributed by atoms with E-state index >= 15 is 0 Å². The van der Waals surface area contributed by atoms with Crippen LogP contribution in [0.15, 0.2) is 72.9 Å². The van der Waals surface area contributed by atoms with E-state index in [1.807, 2.05) is 42.6 Å². The largest absolute Gasteiger partial charge is 0.229 e. The quantitative estimate of drug-likeness (QED) is 0.552. The van der Waals surface area contributed by atoms with Crippen LogP contribution in [-0.2, 0) is 0 Å². The average molecular weight is 286 g/mol. The fourth-order valence-electron chi connectivity index (χ4n) is 1.96. The van der Waals surface area contributed by atoms with E-state index in [9.17, 15) is 0 Å². The Labute approximate surface area is 122 Å². The molecule has 0 saturated heterocycles. The van der Waals surface area contributed by atoms with Crippen molar-refractivity contribution in [2.75, 3.05) is 0 Å². The summed E-state index contributed by atoms with van der Waals surface area (Å²) < 4.78 is 1.63. The topological polar surface area (TPSA) is 3.24 Å². The number of hydrogen-bond donors (Lipinski definition) is 0. The van der Waals surface area contributed by atoms with Gasteiger partial charge in [0.2, 0.25) is 0 Å². The highest BCUT2D eigenvalue weighted by atomic mass is 35.5. The third-order valence-electron chi connectivity index (χ3n) is 2.88. The van der Waals surface area contributed by atoms with Gasteiger partial charge in [0.25, 0.3) is 0 Å². The molecule has 3 rings (SSSR count). The number of hydrogen-bond acceptors (Lipinski definition) is 2. The van der Waals surface area contributed by atoms with Crippen LogP contribution in [-0.4, -0.2) is 3.82 Å². The first-order valence-electron chi connectivity index (χ1n) is 6.00. The van der Waals surface area contributed by atoms with E-state index in [1.165, 1.54) is 23.1 Å². The third kappa shape index (κ3) is 2.86. The fraction of sp³-hybridized carbons (Fsp3) is 0. The molecule has 1 heterocycles. The Morgan fingerprint density at radius 3 is 2.00 bits per heavy atom. The van der Waals surface area contributed by atoms with Crippen LogP contribution in [0.4, 0.5) is 0 Å². The Morgan fingerprint density at radius 1 is 0.789 bits per heavy atom. The van der Waals surface area contributed by atoms with Gasteiger partial charge in [-0.15, -0.1) is 0 Å². The molecule has 3 heteroatoms. The maximum Gasteiger partial charge on any atom is 0.0378 e. The second-order valence-corrected chi connectivity index (χ2v) is 5.77. The van der Waals surface area contributed by atoms with Gasteiger partial charge in [-0.25, -0.2) is 3.82 Å². The molecule has 0 radical (unpaired) electrons. The van der Waals surface area contributed by atoms with Gasteiger partial charge in [0.1, 0.15) is 0 Å². The summed E-state index contributed by atoms with van der Waals surface area (Å²) in [4.78, 5) is 1.15. The lowest BCUT2D eigenvalue weighted by Gasteiger charge is -2.19. The molecule has 0 aliphatic carbocycles. The molecule has 0 N–H and O–H groups in total. The summed E-state index contributed by atoms with van der Waals surface area (Å²) in [5.74, 6) is 0. The fourth-order valence-corrected chi connectivity index (χ4v) is 3.06. The van der Waals surface area contributed by atoms with Crippen LogP contribution in [0.5, 0.6) is 0 Å². The molecule has 1 nitrogen and oxygen atoms in total. The first-order chi connectivity index (χ1) is 9.33. The van der Waals surface area contributed by atoms with Crippen molar-refractivity contribution in [3.63, 3.8) is 0 Å². The van der Waals surface area contributed by atoms with Gasteiger partial charge >= 0.3 is 0 Å². The molecule has 0 bridgehead atoms. The van der Waals surface area contributed by atoms with Gasteiger partial charge in [-0.3, -0.25) is 0 Å². The first kappa shape index (κ1) is 12.4. The van der Waals surface area contributed by atoms with Crippen LogP contribution in [0.3, 0.4) is 0 Å². The lowest BCUT2D eigenvalue weighted by Crippen LogP contribution is -1.99. The highest BCUT2D eigenvalue weighted by Crippen LogP contribution is 2.39. The number of rotatable bonds is 2. The Kier molecular flexibility index (Phi) is 3.62. The molecular formula is C16H12ClNS. The van der Waals surface area contributed by atoms with E-state index in [1.54, 1.807) is 3.82 Å². The highest BCUT2D eigenvalue weighted by molar-refractivity contribution is 8.07. The zero-order valence-electron chi connectivity index (χ0n) is 10.2. The van der Waals surface area contributed by atoms with Crippen molar-refractivity contribution in [1.29, 1.82) is 0 Å². The summed E-state index contributed by atoms with van der Waals surface area (Å²) in [6.07, 6.45) is 4.11. The molecule has 2 aromatic carbocycles.